The lowest BCUT2D eigenvalue weighted by atomic mass is 9.91. The van der Waals surface area contributed by atoms with Crippen molar-refractivity contribution in [2.24, 2.45) is 0 Å². The standard InChI is InChI=1S/C16H23FN2O2/c1-19(14-4-2-3-5-15(14)20)11-16(21)18-10-12-6-8-13(17)9-7-12/h6-9,14-15,20H,2-5,10-11H2,1H3,(H,18,21). The van der Waals surface area contributed by atoms with E-state index < -0.39 is 0 Å². The molecule has 1 aliphatic rings. The van der Waals surface area contributed by atoms with Crippen LogP contribution in [0.25, 0.3) is 0 Å². The van der Waals surface area contributed by atoms with E-state index in [0.717, 1.165) is 31.2 Å². The highest BCUT2D eigenvalue weighted by Gasteiger charge is 2.27. The molecule has 1 aromatic rings. The third-order valence-corrected chi connectivity index (χ3v) is 4.06. The summed E-state index contributed by atoms with van der Waals surface area (Å²) < 4.78 is 12.8. The number of halogens is 1. The van der Waals surface area contributed by atoms with Crippen LogP contribution < -0.4 is 5.32 Å². The van der Waals surface area contributed by atoms with Gasteiger partial charge < -0.3 is 10.4 Å². The molecular weight excluding hydrogens is 271 g/mol. The number of likely N-dealkylation sites (N-methyl/N-ethyl adjacent to an activating group) is 1. The Bertz CT molecular complexity index is 464. The molecule has 0 aliphatic heterocycles. The summed E-state index contributed by atoms with van der Waals surface area (Å²) in [7, 11) is 1.87. The minimum absolute atomic E-state index is 0.0651. The van der Waals surface area contributed by atoms with Crippen molar-refractivity contribution in [1.29, 1.82) is 0 Å². The Balaban J connectivity index is 1.77. The third-order valence-electron chi connectivity index (χ3n) is 4.06. The van der Waals surface area contributed by atoms with Crippen LogP contribution in [-0.4, -0.2) is 41.7 Å². The maximum Gasteiger partial charge on any atom is 0.234 e. The Morgan fingerprint density at radius 3 is 2.67 bits per heavy atom. The highest BCUT2D eigenvalue weighted by molar-refractivity contribution is 5.78. The average Bonchev–Trinajstić information content (AvgIpc) is 2.47. The number of benzene rings is 1. The van der Waals surface area contributed by atoms with Crippen LogP contribution in [0.15, 0.2) is 24.3 Å². The zero-order chi connectivity index (χ0) is 15.2. The zero-order valence-electron chi connectivity index (χ0n) is 12.4. The second-order valence-electron chi connectivity index (χ2n) is 5.74. The second kappa shape index (κ2) is 7.52. The third kappa shape index (κ3) is 4.79. The summed E-state index contributed by atoms with van der Waals surface area (Å²) in [6.07, 6.45) is 3.56. The first-order valence-corrected chi connectivity index (χ1v) is 7.45. The van der Waals surface area contributed by atoms with Gasteiger partial charge in [0.25, 0.3) is 0 Å². The van der Waals surface area contributed by atoms with Gasteiger partial charge in [0.2, 0.25) is 5.91 Å². The van der Waals surface area contributed by atoms with E-state index in [1.54, 1.807) is 12.1 Å². The van der Waals surface area contributed by atoms with Crippen LogP contribution in [0.3, 0.4) is 0 Å². The molecular formula is C16H23FN2O2. The predicted octanol–water partition coefficient (Wildman–Crippen LogP) is 1.68. The minimum atomic E-state index is -0.339. The number of hydrogen-bond acceptors (Lipinski definition) is 3. The maximum absolute atomic E-state index is 12.8. The SMILES string of the molecule is CN(CC(=O)NCc1ccc(F)cc1)C1CCCCC1O. The minimum Gasteiger partial charge on any atom is -0.391 e. The van der Waals surface area contributed by atoms with Crippen molar-refractivity contribution in [1.82, 2.24) is 10.2 Å². The van der Waals surface area contributed by atoms with Crippen LogP contribution in [0.1, 0.15) is 31.2 Å². The first-order chi connectivity index (χ1) is 10.1. The van der Waals surface area contributed by atoms with Crippen molar-refractivity contribution in [2.75, 3.05) is 13.6 Å². The van der Waals surface area contributed by atoms with Crippen LogP contribution >= 0.6 is 0 Å². The molecule has 4 nitrogen and oxygen atoms in total. The normalized spacial score (nSPS) is 22.3. The molecule has 116 valence electrons. The van der Waals surface area contributed by atoms with Gasteiger partial charge in [-0.15, -0.1) is 0 Å². The van der Waals surface area contributed by atoms with E-state index in [9.17, 15) is 14.3 Å². The molecule has 2 N–H and O–H groups in total. The summed E-state index contributed by atoms with van der Waals surface area (Å²) in [6.45, 7) is 0.656. The van der Waals surface area contributed by atoms with Crippen LogP contribution in [0.4, 0.5) is 4.39 Å². The quantitative estimate of drug-likeness (QED) is 0.868. The van der Waals surface area contributed by atoms with Gasteiger partial charge in [-0.1, -0.05) is 25.0 Å². The van der Waals surface area contributed by atoms with Crippen molar-refractivity contribution in [3.05, 3.63) is 35.6 Å². The first kappa shape index (κ1) is 15.9. The summed E-state index contributed by atoms with van der Waals surface area (Å²) in [5, 5.41) is 12.8. The lowest BCUT2D eigenvalue weighted by Crippen LogP contribution is -2.47. The van der Waals surface area contributed by atoms with Gasteiger partial charge in [0.1, 0.15) is 5.82 Å². The van der Waals surface area contributed by atoms with E-state index in [0.29, 0.717) is 6.54 Å². The number of aliphatic hydroxyl groups excluding tert-OH is 1. The fourth-order valence-corrected chi connectivity index (χ4v) is 2.81. The first-order valence-electron chi connectivity index (χ1n) is 7.45. The van der Waals surface area contributed by atoms with E-state index in [1.807, 2.05) is 11.9 Å². The summed E-state index contributed by atoms with van der Waals surface area (Å²) in [5.74, 6) is -0.365. The molecule has 0 saturated heterocycles. The number of rotatable bonds is 5. The van der Waals surface area contributed by atoms with Gasteiger partial charge >= 0.3 is 0 Å². The smallest absolute Gasteiger partial charge is 0.234 e. The molecule has 1 fully saturated rings. The lowest BCUT2D eigenvalue weighted by molar-refractivity contribution is -0.123. The molecule has 5 heteroatoms. The molecule has 1 saturated carbocycles. The Kier molecular flexibility index (Phi) is 5.70. The Labute approximate surface area is 125 Å². The molecule has 0 bridgehead atoms. The molecule has 1 amide bonds. The molecule has 0 radical (unpaired) electrons. The fourth-order valence-electron chi connectivity index (χ4n) is 2.81. The number of nitrogens with one attached hydrogen (secondary N) is 1. The average molecular weight is 294 g/mol. The summed E-state index contributed by atoms with van der Waals surface area (Å²) in [6, 6.07) is 6.14. The van der Waals surface area contributed by atoms with Gasteiger partial charge in [-0.05, 0) is 37.6 Å². The van der Waals surface area contributed by atoms with E-state index in [1.165, 1.54) is 12.1 Å². The summed E-state index contributed by atoms with van der Waals surface area (Å²) in [4.78, 5) is 13.9. The van der Waals surface area contributed by atoms with Crippen molar-refractivity contribution in [3.8, 4) is 0 Å². The number of carbonyl (C=O) groups is 1. The number of carbonyl (C=O) groups excluding carboxylic acids is 1. The zero-order valence-corrected chi connectivity index (χ0v) is 12.4. The van der Waals surface area contributed by atoms with Crippen LogP contribution in [-0.2, 0) is 11.3 Å². The molecule has 1 aromatic carbocycles. The van der Waals surface area contributed by atoms with E-state index >= 15 is 0 Å². The summed E-state index contributed by atoms with van der Waals surface area (Å²) >= 11 is 0. The molecule has 0 heterocycles. The van der Waals surface area contributed by atoms with Gasteiger partial charge in [-0.3, -0.25) is 9.69 Å². The van der Waals surface area contributed by atoms with Crippen molar-refractivity contribution >= 4 is 5.91 Å². The van der Waals surface area contributed by atoms with Crippen molar-refractivity contribution in [2.45, 2.75) is 44.4 Å². The Morgan fingerprint density at radius 2 is 2.00 bits per heavy atom. The van der Waals surface area contributed by atoms with Crippen LogP contribution in [0.5, 0.6) is 0 Å². The Hall–Kier alpha value is -1.46. The fraction of sp³-hybridized carbons (Fsp3) is 0.562. The Morgan fingerprint density at radius 1 is 1.33 bits per heavy atom. The van der Waals surface area contributed by atoms with Gasteiger partial charge in [-0.25, -0.2) is 4.39 Å². The highest BCUT2D eigenvalue weighted by atomic mass is 19.1. The molecule has 2 atom stereocenters. The number of amides is 1. The molecule has 0 aromatic heterocycles. The van der Waals surface area contributed by atoms with Crippen LogP contribution in [0, 0.1) is 5.82 Å². The number of nitrogens with zero attached hydrogens (tertiary/aromatic N) is 1. The van der Waals surface area contributed by atoms with Crippen molar-refractivity contribution in [3.63, 3.8) is 0 Å². The molecule has 2 unspecified atom stereocenters. The molecule has 21 heavy (non-hydrogen) atoms. The van der Waals surface area contributed by atoms with Gasteiger partial charge in [-0.2, -0.15) is 0 Å². The molecule has 1 aliphatic carbocycles. The number of hydrogen-bond donors (Lipinski definition) is 2. The lowest BCUT2D eigenvalue weighted by Gasteiger charge is -2.34. The monoisotopic (exact) mass is 294 g/mol. The van der Waals surface area contributed by atoms with Crippen molar-refractivity contribution < 1.29 is 14.3 Å². The van der Waals surface area contributed by atoms with Gasteiger partial charge in [0.05, 0.1) is 12.6 Å². The summed E-state index contributed by atoms with van der Waals surface area (Å²) in [5.41, 5.74) is 0.866. The maximum atomic E-state index is 12.8. The van der Waals surface area contributed by atoms with E-state index in [2.05, 4.69) is 5.32 Å². The van der Waals surface area contributed by atoms with Gasteiger partial charge in [0, 0.05) is 12.6 Å². The topological polar surface area (TPSA) is 52.6 Å². The van der Waals surface area contributed by atoms with Gasteiger partial charge in [0.15, 0.2) is 0 Å². The number of aliphatic hydroxyl groups is 1. The second-order valence-corrected chi connectivity index (χ2v) is 5.74. The largest absolute Gasteiger partial charge is 0.391 e. The van der Waals surface area contributed by atoms with Crippen LogP contribution in [0.2, 0.25) is 0 Å². The molecule has 0 spiro atoms. The highest BCUT2D eigenvalue weighted by Crippen LogP contribution is 2.22. The van der Waals surface area contributed by atoms with E-state index in [4.69, 9.17) is 0 Å². The molecule has 2 rings (SSSR count). The predicted molar refractivity (Wildman–Crippen MR) is 79.1 cm³/mol. The van der Waals surface area contributed by atoms with E-state index in [-0.39, 0.29) is 30.4 Å².